The van der Waals surface area contributed by atoms with Crippen molar-refractivity contribution in [1.82, 2.24) is 19.5 Å². The summed E-state index contributed by atoms with van der Waals surface area (Å²) in [5.74, 6) is 0.131. The molecule has 0 spiro atoms. The van der Waals surface area contributed by atoms with Gasteiger partial charge in [0, 0.05) is 36.5 Å². The molecule has 9 nitrogen and oxygen atoms in total. The minimum atomic E-state index is -4.19. The number of benzene rings is 1. The largest absolute Gasteiger partial charge is 0.493 e. The number of hydrogen-bond acceptors (Lipinski definition) is 7. The fourth-order valence-corrected chi connectivity index (χ4v) is 6.30. The minimum absolute atomic E-state index is 0.125. The zero-order valence-corrected chi connectivity index (χ0v) is 23.5. The molecule has 208 valence electrons. The van der Waals surface area contributed by atoms with Crippen LogP contribution in [0.15, 0.2) is 47.6 Å². The van der Waals surface area contributed by atoms with Crippen LogP contribution in [-0.4, -0.2) is 47.8 Å². The van der Waals surface area contributed by atoms with E-state index in [1.165, 1.54) is 18.2 Å². The summed E-state index contributed by atoms with van der Waals surface area (Å²) in [6.07, 6.45) is 4.26. The van der Waals surface area contributed by atoms with Crippen molar-refractivity contribution in [3.8, 4) is 17.0 Å². The molecule has 2 aliphatic rings. The predicted molar refractivity (Wildman–Crippen MR) is 146 cm³/mol. The van der Waals surface area contributed by atoms with Crippen molar-refractivity contribution >= 4 is 21.7 Å². The Morgan fingerprint density at radius 2 is 2.00 bits per heavy atom. The number of pyridine rings is 1. The quantitative estimate of drug-likeness (QED) is 0.500. The van der Waals surface area contributed by atoms with Crippen LogP contribution in [0.5, 0.6) is 5.75 Å². The Hall–Kier alpha value is -3.47. The van der Waals surface area contributed by atoms with Crippen molar-refractivity contribution in [2.45, 2.75) is 64.1 Å². The topological polar surface area (TPSA) is 106 Å². The van der Waals surface area contributed by atoms with Crippen LogP contribution in [-0.2, 0) is 16.6 Å². The van der Waals surface area contributed by atoms with Gasteiger partial charge in [0.1, 0.15) is 17.4 Å². The fourth-order valence-electron chi connectivity index (χ4n) is 5.38. The number of anilines is 1. The highest BCUT2D eigenvalue weighted by molar-refractivity contribution is 7.90. The maximum atomic E-state index is 14.6. The fraction of sp³-hybridized carbons (Fsp3) is 0.464. The van der Waals surface area contributed by atoms with Crippen LogP contribution in [0.1, 0.15) is 57.3 Å². The molecule has 0 saturated carbocycles. The predicted octanol–water partition coefficient (Wildman–Crippen LogP) is 4.64. The molecule has 1 atom stereocenters. The van der Waals surface area contributed by atoms with Gasteiger partial charge in [0.2, 0.25) is 0 Å². The molecule has 3 aromatic rings. The Balaban J connectivity index is 1.60. The number of ether oxygens (including phenoxy) is 1. The van der Waals surface area contributed by atoms with E-state index >= 15 is 0 Å². The zero-order valence-electron chi connectivity index (χ0n) is 22.6. The molecular formula is C28H34FN5O4S. The molecular weight excluding hydrogens is 521 g/mol. The molecule has 39 heavy (non-hydrogen) atoms. The van der Waals surface area contributed by atoms with E-state index in [2.05, 4.69) is 28.6 Å². The lowest BCUT2D eigenvalue weighted by Gasteiger charge is -2.34. The van der Waals surface area contributed by atoms with E-state index in [4.69, 9.17) is 9.72 Å². The van der Waals surface area contributed by atoms with Gasteiger partial charge < -0.3 is 9.64 Å². The summed E-state index contributed by atoms with van der Waals surface area (Å²) in [6, 6.07) is 8.97. The number of carbonyl (C=O) groups is 1. The van der Waals surface area contributed by atoms with Gasteiger partial charge in [-0.1, -0.05) is 13.8 Å². The third-order valence-corrected chi connectivity index (χ3v) is 8.43. The summed E-state index contributed by atoms with van der Waals surface area (Å²) >= 11 is 0. The maximum absolute atomic E-state index is 14.6. The first-order valence-corrected chi connectivity index (χ1v) is 14.7. The Morgan fingerprint density at radius 3 is 2.77 bits per heavy atom. The molecule has 2 aromatic heterocycles. The first kappa shape index (κ1) is 27.1. The second-order valence-electron chi connectivity index (χ2n) is 11.4. The van der Waals surface area contributed by atoms with E-state index in [1.807, 2.05) is 13.8 Å². The molecule has 1 fully saturated rings. The Labute approximate surface area is 228 Å². The average molecular weight is 556 g/mol. The van der Waals surface area contributed by atoms with Crippen molar-refractivity contribution in [2.24, 2.45) is 11.8 Å². The van der Waals surface area contributed by atoms with Gasteiger partial charge in [0.25, 0.3) is 15.9 Å². The van der Waals surface area contributed by atoms with Crippen molar-refractivity contribution in [3.05, 3.63) is 54.0 Å². The lowest BCUT2D eigenvalue weighted by molar-refractivity contribution is 0.0981. The number of halogens is 1. The van der Waals surface area contributed by atoms with Gasteiger partial charge >= 0.3 is 0 Å². The number of carbonyl (C=O) groups excluding carboxylic acids is 1. The first-order chi connectivity index (χ1) is 18.4. The molecule has 0 radical (unpaired) electrons. The van der Waals surface area contributed by atoms with Crippen molar-refractivity contribution in [1.29, 1.82) is 0 Å². The van der Waals surface area contributed by atoms with E-state index in [-0.39, 0.29) is 22.0 Å². The Bertz CT molecular complexity index is 1500. The lowest BCUT2D eigenvalue weighted by atomic mass is 9.93. The third kappa shape index (κ3) is 5.78. The van der Waals surface area contributed by atoms with Crippen LogP contribution in [0.3, 0.4) is 0 Å². The molecule has 0 unspecified atom stereocenters. The van der Waals surface area contributed by atoms with E-state index < -0.39 is 21.7 Å². The maximum Gasteiger partial charge on any atom is 0.283 e. The number of aromatic nitrogens is 3. The van der Waals surface area contributed by atoms with Gasteiger partial charge in [-0.25, -0.2) is 14.1 Å². The van der Waals surface area contributed by atoms with Crippen LogP contribution in [0.4, 0.5) is 10.2 Å². The van der Waals surface area contributed by atoms with Gasteiger partial charge in [-0.2, -0.15) is 13.5 Å². The number of amides is 1. The van der Waals surface area contributed by atoms with Crippen LogP contribution in [0.2, 0.25) is 0 Å². The van der Waals surface area contributed by atoms with Gasteiger partial charge in [0.05, 0.1) is 17.9 Å². The van der Waals surface area contributed by atoms with E-state index in [9.17, 15) is 17.6 Å². The summed E-state index contributed by atoms with van der Waals surface area (Å²) in [5, 5.41) is 3.96. The number of rotatable bonds is 4. The molecule has 1 aromatic carbocycles. The highest BCUT2D eigenvalue weighted by Gasteiger charge is 2.41. The van der Waals surface area contributed by atoms with Crippen LogP contribution < -0.4 is 14.4 Å². The smallest absolute Gasteiger partial charge is 0.283 e. The number of nitrogens with zero attached hydrogens (tertiary/aromatic N) is 4. The molecule has 1 saturated heterocycles. The molecule has 11 heteroatoms. The third-order valence-electron chi connectivity index (χ3n) is 7.20. The molecule has 2 aliphatic heterocycles. The summed E-state index contributed by atoms with van der Waals surface area (Å²) in [5.41, 5.74) is 0.747. The SMILES string of the molecule is CC(C)COc1cc(F)cc(-c2ccc3c(n2)N2C[C@@H](CCCn4ccc(n4)S(=O)(=O)NC3=O)CC2(C)C)c1. The number of hydrogen-bond donors (Lipinski definition) is 1. The Kier molecular flexibility index (Phi) is 7.13. The average Bonchev–Trinajstić information content (AvgIpc) is 3.45. The monoisotopic (exact) mass is 555 g/mol. The number of fused-ring (bicyclic) bond motifs is 6. The highest BCUT2D eigenvalue weighted by Crippen LogP contribution is 2.40. The van der Waals surface area contributed by atoms with Crippen LogP contribution in [0, 0.1) is 17.7 Å². The number of sulfonamides is 1. The highest BCUT2D eigenvalue weighted by atomic mass is 32.2. The molecule has 4 bridgehead atoms. The Morgan fingerprint density at radius 1 is 1.21 bits per heavy atom. The minimum Gasteiger partial charge on any atom is -0.493 e. The molecule has 4 heterocycles. The van der Waals surface area contributed by atoms with Crippen LogP contribution >= 0.6 is 0 Å². The van der Waals surface area contributed by atoms with Gasteiger partial charge in [-0.3, -0.25) is 9.48 Å². The first-order valence-electron chi connectivity index (χ1n) is 13.2. The number of aryl methyl sites for hydroxylation is 1. The van der Waals surface area contributed by atoms with Gasteiger partial charge in [-0.05, 0) is 75.3 Å². The second kappa shape index (κ2) is 10.3. The van der Waals surface area contributed by atoms with E-state index in [1.54, 1.807) is 29.1 Å². The molecule has 1 N–H and O–H groups in total. The molecule has 1 amide bonds. The molecule has 5 rings (SSSR count). The van der Waals surface area contributed by atoms with Gasteiger partial charge in [0.15, 0.2) is 5.03 Å². The number of nitrogens with one attached hydrogen (secondary N) is 1. The standard InChI is InChI=1S/C28H34FN5O4S/c1-18(2)17-38-22-13-20(12-21(29)14-22)24-8-7-23-26(30-24)34-16-19(15-28(34,3)4)6-5-10-33-11-9-25(31-33)39(36,37)32-27(23)35/h7-9,11-14,18-19H,5-6,10,15-17H2,1-4H3,(H,32,35)/t19-/m0/s1. The van der Waals surface area contributed by atoms with Crippen molar-refractivity contribution in [2.75, 3.05) is 18.1 Å². The van der Waals surface area contributed by atoms with Crippen LogP contribution in [0.25, 0.3) is 11.3 Å². The van der Waals surface area contributed by atoms with Crippen molar-refractivity contribution < 1.29 is 22.3 Å². The molecule has 0 aliphatic carbocycles. The van der Waals surface area contributed by atoms with E-state index in [0.29, 0.717) is 48.4 Å². The lowest BCUT2D eigenvalue weighted by Crippen LogP contribution is -2.41. The summed E-state index contributed by atoms with van der Waals surface area (Å²) in [4.78, 5) is 20.4. The van der Waals surface area contributed by atoms with E-state index in [0.717, 1.165) is 19.3 Å². The summed E-state index contributed by atoms with van der Waals surface area (Å²) in [7, 11) is -4.19. The normalized spacial score (nSPS) is 20.3. The van der Waals surface area contributed by atoms with Crippen molar-refractivity contribution in [3.63, 3.8) is 0 Å². The second-order valence-corrected chi connectivity index (χ2v) is 13.1. The summed E-state index contributed by atoms with van der Waals surface area (Å²) < 4.78 is 50.0. The summed E-state index contributed by atoms with van der Waals surface area (Å²) in [6.45, 7) is 9.90. The van der Waals surface area contributed by atoms with Gasteiger partial charge in [-0.15, -0.1) is 0 Å². The zero-order chi connectivity index (χ0) is 27.9.